The van der Waals surface area contributed by atoms with Crippen molar-refractivity contribution in [2.24, 2.45) is 0 Å². The van der Waals surface area contributed by atoms with Crippen molar-refractivity contribution in [3.63, 3.8) is 0 Å². The van der Waals surface area contributed by atoms with Crippen LogP contribution in [0.2, 0.25) is 0 Å². The number of nitrogens with one attached hydrogen (secondary N) is 2. The van der Waals surface area contributed by atoms with E-state index in [1.54, 1.807) is 0 Å². The van der Waals surface area contributed by atoms with Crippen LogP contribution in [-0.2, 0) is 14.3 Å². The first-order chi connectivity index (χ1) is 12.4. The predicted octanol–water partition coefficient (Wildman–Crippen LogP) is 2.02. The van der Waals surface area contributed by atoms with Gasteiger partial charge in [-0.25, -0.2) is 13.2 Å². The quantitative estimate of drug-likeness (QED) is 0.766. The van der Waals surface area contributed by atoms with Gasteiger partial charge in [0.15, 0.2) is 6.61 Å². The molecule has 0 atom stereocenters. The van der Waals surface area contributed by atoms with Crippen LogP contribution >= 0.6 is 0 Å². The Morgan fingerprint density at radius 3 is 2.15 bits per heavy atom. The number of ether oxygens (including phenoxy) is 1. The fraction of sp³-hybridized carbons (Fsp3) is 0.118. The first-order valence-corrected chi connectivity index (χ1v) is 7.30. The summed E-state index contributed by atoms with van der Waals surface area (Å²) in [5.74, 6) is -5.52. The van der Waals surface area contributed by atoms with E-state index >= 15 is 0 Å². The predicted molar refractivity (Wildman–Crippen MR) is 84.7 cm³/mol. The van der Waals surface area contributed by atoms with Crippen LogP contribution in [0, 0.1) is 17.5 Å². The van der Waals surface area contributed by atoms with Crippen LogP contribution in [0.5, 0.6) is 0 Å². The maximum absolute atomic E-state index is 13.4. The van der Waals surface area contributed by atoms with Crippen molar-refractivity contribution >= 4 is 23.5 Å². The number of anilines is 1. The molecule has 2 N–H and O–H groups in total. The summed E-state index contributed by atoms with van der Waals surface area (Å²) in [5.41, 5.74) is -0.922. The molecule has 9 heteroatoms. The minimum absolute atomic E-state index is 0.256. The molecule has 0 saturated heterocycles. The summed E-state index contributed by atoms with van der Waals surface area (Å²) in [7, 11) is 0. The Hall–Kier alpha value is -3.36. The number of hydrogen-bond acceptors (Lipinski definition) is 4. The molecule has 0 aliphatic rings. The van der Waals surface area contributed by atoms with Gasteiger partial charge in [-0.15, -0.1) is 0 Å². The molecule has 0 unspecified atom stereocenters. The highest BCUT2D eigenvalue weighted by Crippen LogP contribution is 2.17. The molecule has 2 aromatic carbocycles. The van der Waals surface area contributed by atoms with Crippen LogP contribution in [0.4, 0.5) is 18.9 Å². The molecule has 136 valence electrons. The van der Waals surface area contributed by atoms with Crippen LogP contribution in [-0.4, -0.2) is 30.9 Å². The van der Waals surface area contributed by atoms with Gasteiger partial charge in [-0.3, -0.25) is 14.4 Å². The summed E-state index contributed by atoms with van der Waals surface area (Å²) in [6.07, 6.45) is 0. The average molecular weight is 366 g/mol. The van der Waals surface area contributed by atoms with Gasteiger partial charge in [0.25, 0.3) is 11.8 Å². The summed E-state index contributed by atoms with van der Waals surface area (Å²) in [6.45, 7) is -1.43. The third-order valence-corrected chi connectivity index (χ3v) is 3.10. The molecular weight excluding hydrogens is 353 g/mol. The van der Waals surface area contributed by atoms with Crippen molar-refractivity contribution in [3.8, 4) is 0 Å². The zero-order valence-corrected chi connectivity index (χ0v) is 13.2. The number of hydrogen-bond donors (Lipinski definition) is 2. The molecule has 0 aliphatic heterocycles. The van der Waals surface area contributed by atoms with E-state index in [0.29, 0.717) is 0 Å². The maximum atomic E-state index is 13.4. The largest absolute Gasteiger partial charge is 0.454 e. The Kier molecular flexibility index (Phi) is 6.31. The molecule has 26 heavy (non-hydrogen) atoms. The van der Waals surface area contributed by atoms with Crippen molar-refractivity contribution in [3.05, 3.63) is 65.5 Å². The molecule has 0 spiro atoms. The average Bonchev–Trinajstić information content (AvgIpc) is 2.61. The number of carbonyl (C=O) groups excluding carboxylic acids is 3. The Labute approximate surface area is 146 Å². The second kappa shape index (κ2) is 8.65. The Morgan fingerprint density at radius 2 is 1.50 bits per heavy atom. The molecule has 2 rings (SSSR count). The van der Waals surface area contributed by atoms with Crippen LogP contribution in [0.25, 0.3) is 0 Å². The van der Waals surface area contributed by atoms with E-state index in [0.717, 1.165) is 24.3 Å². The van der Waals surface area contributed by atoms with Gasteiger partial charge in [-0.1, -0.05) is 18.2 Å². The second-order valence-electron chi connectivity index (χ2n) is 4.97. The number of esters is 1. The highest BCUT2D eigenvalue weighted by atomic mass is 19.1. The fourth-order valence-electron chi connectivity index (χ4n) is 1.88. The molecule has 6 nitrogen and oxygen atoms in total. The van der Waals surface area contributed by atoms with E-state index in [4.69, 9.17) is 0 Å². The molecule has 2 amide bonds. The number of benzene rings is 2. The molecule has 0 radical (unpaired) electrons. The van der Waals surface area contributed by atoms with Crippen molar-refractivity contribution in [2.75, 3.05) is 18.5 Å². The van der Waals surface area contributed by atoms with E-state index < -0.39 is 54.1 Å². The summed E-state index contributed by atoms with van der Waals surface area (Å²) in [4.78, 5) is 34.8. The summed E-state index contributed by atoms with van der Waals surface area (Å²) < 4.78 is 44.7. The van der Waals surface area contributed by atoms with Crippen LogP contribution in [0.1, 0.15) is 10.4 Å². The molecule has 0 fully saturated rings. The third kappa shape index (κ3) is 5.07. The molecule has 0 bridgehead atoms. The van der Waals surface area contributed by atoms with Crippen LogP contribution in [0.3, 0.4) is 0 Å². The number of halogens is 3. The molecule has 0 aromatic heterocycles. The van der Waals surface area contributed by atoms with Gasteiger partial charge >= 0.3 is 5.97 Å². The van der Waals surface area contributed by atoms with Crippen molar-refractivity contribution in [2.45, 2.75) is 0 Å². The molecule has 0 aliphatic carbocycles. The minimum atomic E-state index is -0.987. The van der Waals surface area contributed by atoms with Gasteiger partial charge < -0.3 is 15.4 Å². The number of rotatable bonds is 6. The van der Waals surface area contributed by atoms with Crippen LogP contribution < -0.4 is 10.6 Å². The van der Waals surface area contributed by atoms with E-state index in [2.05, 4.69) is 10.1 Å². The SMILES string of the molecule is O=C(COC(=O)CNC(=O)c1ccccc1F)Nc1c(F)cccc1F. The Morgan fingerprint density at radius 1 is 0.885 bits per heavy atom. The maximum Gasteiger partial charge on any atom is 0.325 e. The monoisotopic (exact) mass is 366 g/mol. The Balaban J connectivity index is 1.79. The second-order valence-corrected chi connectivity index (χ2v) is 4.97. The lowest BCUT2D eigenvalue weighted by Gasteiger charge is -2.09. The van der Waals surface area contributed by atoms with Gasteiger partial charge in [0.2, 0.25) is 0 Å². The van der Waals surface area contributed by atoms with E-state index in [1.165, 1.54) is 18.2 Å². The standard InChI is InChI=1S/C17H13F3N2O4/c18-11-5-2-1-4-10(11)17(25)21-8-15(24)26-9-14(23)22-16-12(19)6-3-7-13(16)20/h1-7H,8-9H2,(H,21,25)(H,22,23). The van der Waals surface area contributed by atoms with Crippen LogP contribution in [0.15, 0.2) is 42.5 Å². The fourth-order valence-corrected chi connectivity index (χ4v) is 1.88. The smallest absolute Gasteiger partial charge is 0.325 e. The summed E-state index contributed by atoms with van der Waals surface area (Å²) >= 11 is 0. The zero-order valence-electron chi connectivity index (χ0n) is 13.2. The summed E-state index contributed by atoms with van der Waals surface area (Å²) in [6, 6.07) is 8.18. The number of carbonyl (C=O) groups is 3. The van der Waals surface area contributed by atoms with Gasteiger partial charge in [-0.05, 0) is 24.3 Å². The lowest BCUT2D eigenvalue weighted by molar-refractivity contribution is -0.146. The van der Waals surface area contributed by atoms with Gasteiger partial charge in [0, 0.05) is 0 Å². The topological polar surface area (TPSA) is 84.5 Å². The number of para-hydroxylation sites is 1. The van der Waals surface area contributed by atoms with Crippen molar-refractivity contribution < 1.29 is 32.3 Å². The molecule has 0 saturated carbocycles. The highest BCUT2D eigenvalue weighted by molar-refractivity contribution is 5.96. The zero-order chi connectivity index (χ0) is 19.1. The van der Waals surface area contributed by atoms with E-state index in [9.17, 15) is 27.6 Å². The Bertz CT molecular complexity index is 822. The normalized spacial score (nSPS) is 10.1. The van der Waals surface area contributed by atoms with E-state index in [-0.39, 0.29) is 5.56 Å². The highest BCUT2D eigenvalue weighted by Gasteiger charge is 2.15. The lowest BCUT2D eigenvalue weighted by Crippen LogP contribution is -2.32. The molecular formula is C17H13F3N2O4. The minimum Gasteiger partial charge on any atom is -0.454 e. The van der Waals surface area contributed by atoms with Gasteiger partial charge in [0.1, 0.15) is 29.7 Å². The molecule has 0 heterocycles. The van der Waals surface area contributed by atoms with Crippen molar-refractivity contribution in [1.29, 1.82) is 0 Å². The van der Waals surface area contributed by atoms with Gasteiger partial charge in [0.05, 0.1) is 5.56 Å². The number of amides is 2. The lowest BCUT2D eigenvalue weighted by atomic mass is 10.2. The summed E-state index contributed by atoms with van der Waals surface area (Å²) in [5, 5.41) is 4.05. The first kappa shape index (κ1) is 19.0. The van der Waals surface area contributed by atoms with Gasteiger partial charge in [-0.2, -0.15) is 0 Å². The van der Waals surface area contributed by atoms with Crippen molar-refractivity contribution in [1.82, 2.24) is 5.32 Å². The third-order valence-electron chi connectivity index (χ3n) is 3.10. The molecule has 2 aromatic rings. The first-order valence-electron chi connectivity index (χ1n) is 7.30. The van der Waals surface area contributed by atoms with E-state index in [1.807, 2.05) is 5.32 Å².